The molecule has 0 aliphatic carbocycles. The molecule has 0 fully saturated rings. The van der Waals surface area contributed by atoms with Gasteiger partial charge in [-0.2, -0.15) is 0 Å². The minimum absolute atomic E-state index is 0.260. The van der Waals surface area contributed by atoms with Gasteiger partial charge in [-0.15, -0.1) is 11.6 Å². The summed E-state index contributed by atoms with van der Waals surface area (Å²) in [4.78, 5) is 0. The number of rotatable bonds is 3. The summed E-state index contributed by atoms with van der Waals surface area (Å²) >= 11 is 12.5. The van der Waals surface area contributed by atoms with Crippen LogP contribution in [0, 0.1) is 25.5 Å². The normalized spacial score (nSPS) is 12.5. The Morgan fingerprint density at radius 3 is 2.35 bits per heavy atom. The minimum atomic E-state index is -0.596. The Hall–Kier alpha value is -1.12. The summed E-state index contributed by atoms with van der Waals surface area (Å²) in [5.41, 5.74) is 3.30. The molecule has 0 N–H and O–H groups in total. The van der Waals surface area contributed by atoms with Crippen molar-refractivity contribution in [3.63, 3.8) is 0 Å². The third kappa shape index (κ3) is 3.31. The Morgan fingerprint density at radius 2 is 1.70 bits per heavy atom. The zero-order chi connectivity index (χ0) is 14.9. The van der Waals surface area contributed by atoms with E-state index in [1.807, 2.05) is 26.0 Å². The molecule has 0 aliphatic rings. The van der Waals surface area contributed by atoms with Crippen LogP contribution in [0.3, 0.4) is 0 Å². The molecule has 0 nitrogen and oxygen atoms in total. The molecule has 0 aliphatic heterocycles. The Morgan fingerprint density at radius 1 is 1.05 bits per heavy atom. The van der Waals surface area contributed by atoms with Gasteiger partial charge in [-0.1, -0.05) is 23.7 Å². The standard InChI is InChI=1S/C16H14Cl2F2/c1-9-5-13(14(17)6-10(9)2)15(18)7-11-3-4-12(19)8-16(11)20/h3-6,8,15H,7H2,1-2H3. The van der Waals surface area contributed by atoms with E-state index in [4.69, 9.17) is 23.2 Å². The second-order valence-electron chi connectivity index (χ2n) is 4.87. The quantitative estimate of drug-likeness (QED) is 0.632. The largest absolute Gasteiger partial charge is 0.207 e. The SMILES string of the molecule is Cc1cc(Cl)c(C(Cl)Cc2ccc(F)cc2F)cc1C. The molecule has 1 unspecified atom stereocenters. The first-order chi connectivity index (χ1) is 9.38. The van der Waals surface area contributed by atoms with Gasteiger partial charge in [0.1, 0.15) is 11.6 Å². The van der Waals surface area contributed by atoms with Crippen LogP contribution in [0.15, 0.2) is 30.3 Å². The summed E-state index contributed by atoms with van der Waals surface area (Å²) in [7, 11) is 0. The van der Waals surface area contributed by atoms with Crippen molar-refractivity contribution in [2.45, 2.75) is 25.6 Å². The highest BCUT2D eigenvalue weighted by Gasteiger charge is 2.16. The fourth-order valence-electron chi connectivity index (χ4n) is 2.03. The minimum Gasteiger partial charge on any atom is -0.207 e. The van der Waals surface area contributed by atoms with Gasteiger partial charge < -0.3 is 0 Å². The van der Waals surface area contributed by atoms with Gasteiger partial charge in [0.05, 0.1) is 5.38 Å². The van der Waals surface area contributed by atoms with Crippen LogP contribution in [0.4, 0.5) is 8.78 Å². The maximum Gasteiger partial charge on any atom is 0.129 e. The Kier molecular flexibility index (Phi) is 4.66. The topological polar surface area (TPSA) is 0 Å². The molecule has 4 heteroatoms. The molecule has 0 bridgehead atoms. The molecule has 0 saturated carbocycles. The van der Waals surface area contributed by atoms with E-state index in [9.17, 15) is 8.78 Å². The maximum atomic E-state index is 13.6. The molecule has 2 rings (SSSR count). The predicted molar refractivity (Wildman–Crippen MR) is 79.6 cm³/mol. The molecule has 0 spiro atoms. The molecular formula is C16H14Cl2F2. The predicted octanol–water partition coefficient (Wildman–Crippen LogP) is 5.76. The summed E-state index contributed by atoms with van der Waals surface area (Å²) < 4.78 is 26.5. The number of aryl methyl sites for hydroxylation is 2. The summed E-state index contributed by atoms with van der Waals surface area (Å²) in [6.45, 7) is 3.94. The second kappa shape index (κ2) is 6.11. The molecule has 1 atom stereocenters. The third-order valence-electron chi connectivity index (χ3n) is 3.36. The highest BCUT2D eigenvalue weighted by Crippen LogP contribution is 2.33. The molecule has 0 saturated heterocycles. The fourth-order valence-corrected chi connectivity index (χ4v) is 2.79. The summed E-state index contributed by atoms with van der Waals surface area (Å²) in [6.07, 6.45) is 0.260. The van der Waals surface area contributed by atoms with Crippen molar-refractivity contribution in [1.29, 1.82) is 0 Å². The van der Waals surface area contributed by atoms with Crippen LogP contribution >= 0.6 is 23.2 Å². The van der Waals surface area contributed by atoms with Gasteiger partial charge in [-0.25, -0.2) is 8.78 Å². The average Bonchev–Trinajstić information content (AvgIpc) is 2.37. The van der Waals surface area contributed by atoms with E-state index < -0.39 is 17.0 Å². The number of benzene rings is 2. The van der Waals surface area contributed by atoms with Crippen molar-refractivity contribution < 1.29 is 8.78 Å². The van der Waals surface area contributed by atoms with Gasteiger partial charge in [0.25, 0.3) is 0 Å². The lowest BCUT2D eigenvalue weighted by molar-refractivity contribution is 0.570. The summed E-state index contributed by atoms with van der Waals surface area (Å²) in [5.74, 6) is -1.18. The van der Waals surface area contributed by atoms with E-state index >= 15 is 0 Å². The number of halogens is 4. The second-order valence-corrected chi connectivity index (χ2v) is 5.80. The van der Waals surface area contributed by atoms with Gasteiger partial charge in [0.15, 0.2) is 0 Å². The first-order valence-corrected chi connectivity index (χ1v) is 7.04. The van der Waals surface area contributed by atoms with Crippen molar-refractivity contribution in [2.24, 2.45) is 0 Å². The average molecular weight is 315 g/mol. The lowest BCUT2D eigenvalue weighted by Gasteiger charge is -2.14. The Labute approximate surface area is 127 Å². The molecular weight excluding hydrogens is 301 g/mol. The van der Waals surface area contributed by atoms with Crippen molar-refractivity contribution in [1.82, 2.24) is 0 Å². The highest BCUT2D eigenvalue weighted by atomic mass is 35.5. The van der Waals surface area contributed by atoms with Crippen molar-refractivity contribution in [2.75, 3.05) is 0 Å². The highest BCUT2D eigenvalue weighted by molar-refractivity contribution is 6.32. The Balaban J connectivity index is 2.28. The summed E-state index contributed by atoms with van der Waals surface area (Å²) in [5, 5.41) is 0.109. The van der Waals surface area contributed by atoms with E-state index in [0.717, 1.165) is 22.8 Å². The van der Waals surface area contributed by atoms with Crippen molar-refractivity contribution >= 4 is 23.2 Å². The lowest BCUT2D eigenvalue weighted by Crippen LogP contribution is -2.01. The maximum absolute atomic E-state index is 13.6. The first-order valence-electron chi connectivity index (χ1n) is 6.23. The van der Waals surface area contributed by atoms with Gasteiger partial charge in [0.2, 0.25) is 0 Å². The van der Waals surface area contributed by atoms with Crippen LogP contribution in [0.5, 0.6) is 0 Å². The molecule has 2 aromatic carbocycles. The van der Waals surface area contributed by atoms with Crippen LogP contribution < -0.4 is 0 Å². The third-order valence-corrected chi connectivity index (χ3v) is 4.08. The van der Waals surface area contributed by atoms with E-state index in [1.165, 1.54) is 12.1 Å². The van der Waals surface area contributed by atoms with E-state index in [0.29, 0.717) is 10.6 Å². The van der Waals surface area contributed by atoms with Crippen molar-refractivity contribution in [3.8, 4) is 0 Å². The van der Waals surface area contributed by atoms with Crippen LogP contribution in [-0.4, -0.2) is 0 Å². The van der Waals surface area contributed by atoms with Crippen LogP contribution in [0.1, 0.15) is 27.6 Å². The van der Waals surface area contributed by atoms with E-state index in [1.54, 1.807) is 0 Å². The molecule has 0 heterocycles. The van der Waals surface area contributed by atoms with E-state index in [2.05, 4.69) is 0 Å². The molecule has 0 radical (unpaired) electrons. The van der Waals surface area contributed by atoms with Gasteiger partial charge >= 0.3 is 0 Å². The molecule has 0 aromatic heterocycles. The van der Waals surface area contributed by atoms with Crippen LogP contribution in [0.25, 0.3) is 0 Å². The number of hydrogen-bond donors (Lipinski definition) is 0. The van der Waals surface area contributed by atoms with Gasteiger partial charge in [-0.3, -0.25) is 0 Å². The zero-order valence-electron chi connectivity index (χ0n) is 11.2. The van der Waals surface area contributed by atoms with Crippen LogP contribution in [0.2, 0.25) is 5.02 Å². The number of hydrogen-bond acceptors (Lipinski definition) is 0. The first kappa shape index (κ1) is 15.3. The fraction of sp³-hybridized carbons (Fsp3) is 0.250. The smallest absolute Gasteiger partial charge is 0.129 e. The zero-order valence-corrected chi connectivity index (χ0v) is 12.7. The Bertz CT molecular complexity index is 639. The van der Waals surface area contributed by atoms with Crippen molar-refractivity contribution in [3.05, 3.63) is 69.2 Å². The molecule has 106 valence electrons. The molecule has 20 heavy (non-hydrogen) atoms. The monoisotopic (exact) mass is 314 g/mol. The summed E-state index contributed by atoms with van der Waals surface area (Å²) in [6, 6.07) is 7.26. The molecule has 0 amide bonds. The van der Waals surface area contributed by atoms with Crippen LogP contribution in [-0.2, 0) is 6.42 Å². The lowest BCUT2D eigenvalue weighted by atomic mass is 9.99. The van der Waals surface area contributed by atoms with E-state index in [-0.39, 0.29) is 6.42 Å². The van der Waals surface area contributed by atoms with Gasteiger partial charge in [-0.05, 0) is 54.7 Å². The molecule has 2 aromatic rings. The van der Waals surface area contributed by atoms with Gasteiger partial charge in [0, 0.05) is 11.1 Å². The number of alkyl halides is 1.